The molecule has 100 valence electrons. The zero-order chi connectivity index (χ0) is 13.0. The van der Waals surface area contributed by atoms with Crippen LogP contribution >= 0.6 is 11.3 Å². The number of hydrogen-bond acceptors (Lipinski definition) is 4. The number of ether oxygens (including phenoxy) is 1. The Morgan fingerprint density at radius 1 is 1.56 bits per heavy atom. The molecular weight excluding hydrogens is 248 g/mol. The summed E-state index contributed by atoms with van der Waals surface area (Å²) in [5.74, 6) is -0.469. The second-order valence-electron chi connectivity index (χ2n) is 4.70. The van der Waals surface area contributed by atoms with E-state index >= 15 is 0 Å². The van der Waals surface area contributed by atoms with Crippen LogP contribution in [-0.2, 0) is 9.53 Å². The molecule has 0 aromatic carbocycles. The van der Waals surface area contributed by atoms with E-state index in [2.05, 4.69) is 5.32 Å². The Kier molecular flexibility index (Phi) is 4.74. The first-order chi connectivity index (χ1) is 8.66. The molecule has 1 aromatic heterocycles. The highest BCUT2D eigenvalue weighted by Crippen LogP contribution is 2.24. The molecule has 2 rings (SSSR count). The lowest BCUT2D eigenvalue weighted by molar-refractivity contribution is -0.119. The number of nitrogens with one attached hydrogen (secondary N) is 1. The molecule has 4 nitrogen and oxygen atoms in total. The first-order valence-electron chi connectivity index (χ1n) is 6.33. The van der Waals surface area contributed by atoms with E-state index in [1.165, 1.54) is 4.88 Å². The van der Waals surface area contributed by atoms with Crippen LogP contribution in [-0.4, -0.2) is 31.7 Å². The maximum absolute atomic E-state index is 11.5. The van der Waals surface area contributed by atoms with Crippen molar-refractivity contribution in [1.29, 1.82) is 0 Å². The van der Waals surface area contributed by atoms with Crippen LogP contribution in [0.15, 0.2) is 12.1 Å². The van der Waals surface area contributed by atoms with Gasteiger partial charge in [0.1, 0.15) is 0 Å². The van der Waals surface area contributed by atoms with Gasteiger partial charge in [-0.05, 0) is 31.9 Å². The summed E-state index contributed by atoms with van der Waals surface area (Å²) in [6.45, 7) is 4.27. The molecule has 1 aliphatic heterocycles. The average molecular weight is 268 g/mol. The highest BCUT2D eigenvalue weighted by molar-refractivity contribution is 7.12. The minimum Gasteiger partial charge on any atom is -0.381 e. The van der Waals surface area contributed by atoms with Gasteiger partial charge in [-0.1, -0.05) is 0 Å². The number of amides is 1. The van der Waals surface area contributed by atoms with Crippen LogP contribution in [0.2, 0.25) is 0 Å². The number of thiophene rings is 1. The summed E-state index contributed by atoms with van der Waals surface area (Å²) in [5.41, 5.74) is 5.50. The predicted molar refractivity (Wildman–Crippen MR) is 72.8 cm³/mol. The van der Waals surface area contributed by atoms with Crippen molar-refractivity contribution in [2.24, 2.45) is 5.73 Å². The van der Waals surface area contributed by atoms with Gasteiger partial charge in [-0.3, -0.25) is 4.79 Å². The van der Waals surface area contributed by atoms with E-state index in [9.17, 15) is 4.79 Å². The molecule has 0 spiro atoms. The Hall–Kier alpha value is -0.910. The smallest absolute Gasteiger partial charge is 0.227 e. The van der Waals surface area contributed by atoms with E-state index in [1.54, 1.807) is 11.3 Å². The molecule has 0 bridgehead atoms. The van der Waals surface area contributed by atoms with Gasteiger partial charge in [0.25, 0.3) is 0 Å². The number of hydrogen-bond donors (Lipinski definition) is 2. The van der Waals surface area contributed by atoms with Crippen LogP contribution in [0.5, 0.6) is 0 Å². The number of rotatable bonds is 5. The van der Waals surface area contributed by atoms with Crippen LogP contribution in [0.1, 0.15) is 28.5 Å². The van der Waals surface area contributed by atoms with Crippen molar-refractivity contribution in [2.45, 2.75) is 31.7 Å². The van der Waals surface area contributed by atoms with Crippen molar-refractivity contribution in [3.63, 3.8) is 0 Å². The van der Waals surface area contributed by atoms with Crippen LogP contribution in [0.4, 0.5) is 0 Å². The summed E-state index contributed by atoms with van der Waals surface area (Å²) in [6, 6.07) is 4.48. The molecule has 0 aliphatic carbocycles. The average Bonchev–Trinajstić information content (AvgIpc) is 2.77. The summed E-state index contributed by atoms with van der Waals surface area (Å²) < 4.78 is 5.31. The van der Waals surface area contributed by atoms with E-state index in [0.717, 1.165) is 30.9 Å². The highest BCUT2D eigenvalue weighted by Gasteiger charge is 2.21. The SMILES string of the molecule is Cc1ccc([C@@H](CNC2CCOCC2)C(N)=O)s1. The Balaban J connectivity index is 1.92. The summed E-state index contributed by atoms with van der Waals surface area (Å²) >= 11 is 1.65. The fourth-order valence-electron chi connectivity index (χ4n) is 2.17. The predicted octanol–water partition coefficient (Wildman–Crippen LogP) is 1.39. The molecular formula is C13H20N2O2S. The summed E-state index contributed by atoms with van der Waals surface area (Å²) in [6.07, 6.45) is 2.02. The molecule has 1 fully saturated rings. The number of carbonyl (C=O) groups is 1. The summed E-state index contributed by atoms with van der Waals surface area (Å²) in [4.78, 5) is 13.8. The highest BCUT2D eigenvalue weighted by atomic mass is 32.1. The second kappa shape index (κ2) is 6.31. The third-order valence-corrected chi connectivity index (χ3v) is 4.39. The normalized spacial score (nSPS) is 18.7. The Morgan fingerprint density at radius 2 is 2.28 bits per heavy atom. The van der Waals surface area contributed by atoms with Crippen LogP contribution in [0, 0.1) is 6.92 Å². The molecule has 1 atom stereocenters. The standard InChI is InChI=1S/C13H20N2O2S/c1-9-2-3-12(18-9)11(13(14)16)8-15-10-4-6-17-7-5-10/h2-3,10-11,15H,4-8H2,1H3,(H2,14,16)/t11-/m1/s1. The van der Waals surface area contributed by atoms with Gasteiger partial charge >= 0.3 is 0 Å². The molecule has 0 unspecified atom stereocenters. The van der Waals surface area contributed by atoms with E-state index < -0.39 is 0 Å². The zero-order valence-electron chi connectivity index (χ0n) is 10.6. The number of nitrogens with two attached hydrogens (primary N) is 1. The molecule has 18 heavy (non-hydrogen) atoms. The lowest BCUT2D eigenvalue weighted by Crippen LogP contribution is -2.39. The molecule has 5 heteroatoms. The first kappa shape index (κ1) is 13.5. The minimum absolute atomic E-state index is 0.216. The first-order valence-corrected chi connectivity index (χ1v) is 7.15. The zero-order valence-corrected chi connectivity index (χ0v) is 11.5. The largest absolute Gasteiger partial charge is 0.381 e. The maximum atomic E-state index is 11.5. The second-order valence-corrected chi connectivity index (χ2v) is 6.02. The van der Waals surface area contributed by atoms with Gasteiger partial charge in [-0.2, -0.15) is 0 Å². The molecule has 3 N–H and O–H groups in total. The fourth-order valence-corrected chi connectivity index (χ4v) is 3.15. The Morgan fingerprint density at radius 3 is 2.83 bits per heavy atom. The quantitative estimate of drug-likeness (QED) is 0.848. The van der Waals surface area contributed by atoms with Crippen LogP contribution in [0.3, 0.4) is 0 Å². The van der Waals surface area contributed by atoms with Gasteiger partial charge in [0.05, 0.1) is 5.92 Å². The van der Waals surface area contributed by atoms with Gasteiger partial charge in [-0.15, -0.1) is 11.3 Å². The molecule has 0 saturated carbocycles. The number of aryl methyl sites for hydroxylation is 1. The molecule has 0 radical (unpaired) electrons. The monoisotopic (exact) mass is 268 g/mol. The molecule has 1 aromatic rings. The Labute approximate surface area is 112 Å². The summed E-state index contributed by atoms with van der Waals surface area (Å²) in [5, 5.41) is 3.44. The van der Waals surface area contributed by atoms with Gasteiger partial charge in [0.2, 0.25) is 5.91 Å². The van der Waals surface area contributed by atoms with Gasteiger partial charge in [0.15, 0.2) is 0 Å². The number of carbonyl (C=O) groups excluding carboxylic acids is 1. The maximum Gasteiger partial charge on any atom is 0.227 e. The van der Waals surface area contributed by atoms with E-state index in [0.29, 0.717) is 12.6 Å². The molecule has 1 saturated heterocycles. The number of primary amides is 1. The van der Waals surface area contributed by atoms with Crippen molar-refractivity contribution in [3.8, 4) is 0 Å². The lowest BCUT2D eigenvalue weighted by Gasteiger charge is -2.24. The van der Waals surface area contributed by atoms with Crippen LogP contribution < -0.4 is 11.1 Å². The van der Waals surface area contributed by atoms with Crippen LogP contribution in [0.25, 0.3) is 0 Å². The van der Waals surface area contributed by atoms with E-state index in [4.69, 9.17) is 10.5 Å². The van der Waals surface area contributed by atoms with E-state index in [-0.39, 0.29) is 11.8 Å². The topological polar surface area (TPSA) is 64.3 Å². The van der Waals surface area contributed by atoms with Crippen molar-refractivity contribution >= 4 is 17.2 Å². The van der Waals surface area contributed by atoms with Crippen molar-refractivity contribution < 1.29 is 9.53 Å². The third kappa shape index (κ3) is 3.54. The van der Waals surface area contributed by atoms with Crippen molar-refractivity contribution in [3.05, 3.63) is 21.9 Å². The van der Waals surface area contributed by atoms with Gasteiger partial charge < -0.3 is 15.8 Å². The van der Waals surface area contributed by atoms with Gasteiger partial charge in [-0.25, -0.2) is 0 Å². The lowest BCUT2D eigenvalue weighted by atomic mass is 10.0. The molecule has 1 amide bonds. The van der Waals surface area contributed by atoms with Crippen molar-refractivity contribution in [1.82, 2.24) is 5.32 Å². The van der Waals surface area contributed by atoms with Crippen molar-refractivity contribution in [2.75, 3.05) is 19.8 Å². The molecule has 1 aliphatic rings. The minimum atomic E-state index is -0.253. The fraction of sp³-hybridized carbons (Fsp3) is 0.615. The van der Waals surface area contributed by atoms with E-state index in [1.807, 2.05) is 19.1 Å². The Bertz CT molecular complexity index is 399. The molecule has 2 heterocycles. The third-order valence-electron chi connectivity index (χ3n) is 3.28. The summed E-state index contributed by atoms with van der Waals surface area (Å²) in [7, 11) is 0. The van der Waals surface area contributed by atoms with Gasteiger partial charge in [0, 0.05) is 35.6 Å².